The minimum Gasteiger partial charge on any atom is -0.293 e. The number of fused-ring (bicyclic) bond motifs is 1. The summed E-state index contributed by atoms with van der Waals surface area (Å²) >= 11 is 1.80. The molecule has 2 heteroatoms. The molecule has 1 unspecified atom stereocenters. The Morgan fingerprint density at radius 3 is 2.68 bits per heavy atom. The van der Waals surface area contributed by atoms with Gasteiger partial charge < -0.3 is 0 Å². The van der Waals surface area contributed by atoms with Gasteiger partial charge in [0.1, 0.15) is 0 Å². The van der Waals surface area contributed by atoms with Gasteiger partial charge in [-0.15, -0.1) is 11.3 Å². The van der Waals surface area contributed by atoms with Crippen LogP contribution < -0.4 is 0 Å². The van der Waals surface area contributed by atoms with Crippen LogP contribution in [0.3, 0.4) is 0 Å². The number of ketones is 1. The van der Waals surface area contributed by atoms with Gasteiger partial charge in [-0.2, -0.15) is 0 Å². The van der Waals surface area contributed by atoms with Gasteiger partial charge in [-0.1, -0.05) is 17.2 Å². The number of thiophene rings is 1. The summed E-state index contributed by atoms with van der Waals surface area (Å²) in [5.74, 6) is 0.377. The fourth-order valence-electron chi connectivity index (χ4n) is 3.08. The van der Waals surface area contributed by atoms with Crippen molar-refractivity contribution in [3.05, 3.63) is 56.8 Å². The standard InChI is InChI=1S/C17H18OS/c1-11-8-12(2)10-13(9-11)17(18)15-4-3-5-16-14(15)6-7-19-16/h6-10,15H,3-5H2,1-2H3. The fraction of sp³-hybridized carbons (Fsp3) is 0.353. The summed E-state index contributed by atoms with van der Waals surface area (Å²) in [6.07, 6.45) is 3.27. The number of carbonyl (C=O) groups is 1. The van der Waals surface area contributed by atoms with Gasteiger partial charge in [0.15, 0.2) is 5.78 Å². The van der Waals surface area contributed by atoms with Crippen LogP contribution in [0, 0.1) is 13.8 Å². The van der Waals surface area contributed by atoms with Crippen molar-refractivity contribution in [2.24, 2.45) is 0 Å². The van der Waals surface area contributed by atoms with Crippen molar-refractivity contribution in [3.8, 4) is 0 Å². The van der Waals surface area contributed by atoms with Crippen LogP contribution in [0.15, 0.2) is 29.6 Å². The molecule has 0 spiro atoms. The van der Waals surface area contributed by atoms with E-state index in [0.717, 1.165) is 24.8 Å². The van der Waals surface area contributed by atoms with Crippen LogP contribution in [0.2, 0.25) is 0 Å². The zero-order chi connectivity index (χ0) is 13.4. The van der Waals surface area contributed by atoms with Crippen molar-refractivity contribution in [2.75, 3.05) is 0 Å². The predicted molar refractivity (Wildman–Crippen MR) is 80.2 cm³/mol. The second-order valence-corrected chi connectivity index (χ2v) is 6.49. The number of carbonyl (C=O) groups excluding carboxylic acids is 1. The Hall–Kier alpha value is -1.41. The van der Waals surface area contributed by atoms with E-state index in [9.17, 15) is 4.79 Å². The van der Waals surface area contributed by atoms with Gasteiger partial charge in [0.25, 0.3) is 0 Å². The lowest BCUT2D eigenvalue weighted by atomic mass is 9.82. The van der Waals surface area contributed by atoms with E-state index >= 15 is 0 Å². The Labute approximate surface area is 118 Å². The summed E-state index contributed by atoms with van der Waals surface area (Å²) in [5, 5.41) is 2.12. The second-order valence-electron chi connectivity index (χ2n) is 5.48. The van der Waals surface area contributed by atoms with Crippen molar-refractivity contribution in [1.29, 1.82) is 0 Å². The second kappa shape index (κ2) is 4.93. The molecule has 1 nitrogen and oxygen atoms in total. The lowest BCUT2D eigenvalue weighted by molar-refractivity contribution is 0.0951. The van der Waals surface area contributed by atoms with Crippen molar-refractivity contribution in [2.45, 2.75) is 39.0 Å². The number of hydrogen-bond acceptors (Lipinski definition) is 2. The molecule has 0 N–H and O–H groups in total. The van der Waals surface area contributed by atoms with E-state index in [1.165, 1.54) is 21.6 Å². The van der Waals surface area contributed by atoms with E-state index in [1.54, 1.807) is 11.3 Å². The molecule has 0 saturated carbocycles. The van der Waals surface area contributed by atoms with E-state index < -0.39 is 0 Å². The third kappa shape index (κ3) is 2.37. The van der Waals surface area contributed by atoms with Gasteiger partial charge in [0, 0.05) is 16.4 Å². The van der Waals surface area contributed by atoms with E-state index in [1.807, 2.05) is 12.1 Å². The monoisotopic (exact) mass is 270 g/mol. The SMILES string of the molecule is Cc1cc(C)cc(C(=O)C2CCCc3sccc32)c1. The van der Waals surface area contributed by atoms with E-state index in [0.29, 0.717) is 5.78 Å². The molecule has 1 heterocycles. The van der Waals surface area contributed by atoms with Crippen molar-refractivity contribution in [1.82, 2.24) is 0 Å². The summed E-state index contributed by atoms with van der Waals surface area (Å²) in [6.45, 7) is 4.11. The summed E-state index contributed by atoms with van der Waals surface area (Å²) in [4.78, 5) is 14.2. The van der Waals surface area contributed by atoms with E-state index in [-0.39, 0.29) is 5.92 Å². The zero-order valence-corrected chi connectivity index (χ0v) is 12.2. The third-order valence-electron chi connectivity index (χ3n) is 3.87. The molecule has 0 fully saturated rings. The first kappa shape index (κ1) is 12.6. The highest BCUT2D eigenvalue weighted by molar-refractivity contribution is 7.10. The molecule has 1 aliphatic rings. The first-order chi connectivity index (χ1) is 9.15. The third-order valence-corrected chi connectivity index (χ3v) is 4.87. The highest BCUT2D eigenvalue weighted by Crippen LogP contribution is 2.37. The molecule has 1 atom stereocenters. The van der Waals surface area contributed by atoms with Crippen LogP contribution in [0.1, 0.15) is 50.7 Å². The van der Waals surface area contributed by atoms with Crippen LogP contribution in [-0.4, -0.2) is 5.78 Å². The molecule has 1 aliphatic carbocycles. The number of benzene rings is 1. The average molecular weight is 270 g/mol. The minimum atomic E-state index is 0.0798. The number of rotatable bonds is 2. The van der Waals surface area contributed by atoms with Gasteiger partial charge in [-0.3, -0.25) is 4.79 Å². The molecule has 0 radical (unpaired) electrons. The van der Waals surface area contributed by atoms with Crippen molar-refractivity contribution >= 4 is 17.1 Å². The summed E-state index contributed by atoms with van der Waals surface area (Å²) in [6, 6.07) is 8.31. The van der Waals surface area contributed by atoms with Gasteiger partial charge in [0.2, 0.25) is 0 Å². The maximum atomic E-state index is 12.8. The first-order valence-electron chi connectivity index (χ1n) is 6.84. The average Bonchev–Trinajstić information content (AvgIpc) is 2.84. The summed E-state index contributed by atoms with van der Waals surface area (Å²) in [5.41, 5.74) is 4.50. The molecule has 0 amide bonds. The van der Waals surface area contributed by atoms with Crippen LogP contribution in [0.4, 0.5) is 0 Å². The Kier molecular flexibility index (Phi) is 3.28. The topological polar surface area (TPSA) is 17.1 Å². The molecule has 19 heavy (non-hydrogen) atoms. The largest absolute Gasteiger partial charge is 0.293 e. The smallest absolute Gasteiger partial charge is 0.170 e. The van der Waals surface area contributed by atoms with Gasteiger partial charge in [-0.05, 0) is 62.3 Å². The molecule has 1 aromatic carbocycles. The van der Waals surface area contributed by atoms with Crippen LogP contribution >= 0.6 is 11.3 Å². The van der Waals surface area contributed by atoms with Gasteiger partial charge >= 0.3 is 0 Å². The molecular formula is C17H18OS. The molecule has 2 aromatic rings. The molecule has 3 rings (SSSR count). The van der Waals surface area contributed by atoms with Gasteiger partial charge in [0.05, 0.1) is 0 Å². The van der Waals surface area contributed by atoms with Gasteiger partial charge in [-0.25, -0.2) is 0 Å². The molecule has 1 aromatic heterocycles. The minimum absolute atomic E-state index is 0.0798. The Morgan fingerprint density at radius 1 is 1.21 bits per heavy atom. The number of Topliss-reactive ketones (excluding diaryl/α,β-unsaturated/α-hetero) is 1. The predicted octanol–water partition coefficient (Wildman–Crippen LogP) is 4.67. The maximum absolute atomic E-state index is 12.8. The van der Waals surface area contributed by atoms with Crippen LogP contribution in [0.5, 0.6) is 0 Å². The Morgan fingerprint density at radius 2 is 1.95 bits per heavy atom. The Bertz CT molecular complexity index is 604. The van der Waals surface area contributed by atoms with Crippen molar-refractivity contribution in [3.63, 3.8) is 0 Å². The Balaban J connectivity index is 1.97. The lowest BCUT2D eigenvalue weighted by Gasteiger charge is -2.21. The first-order valence-corrected chi connectivity index (χ1v) is 7.72. The lowest BCUT2D eigenvalue weighted by Crippen LogP contribution is -2.17. The van der Waals surface area contributed by atoms with E-state index in [2.05, 4.69) is 31.4 Å². The highest BCUT2D eigenvalue weighted by Gasteiger charge is 2.28. The normalized spacial score (nSPS) is 18.1. The number of hydrogen-bond donors (Lipinski definition) is 0. The van der Waals surface area contributed by atoms with Crippen molar-refractivity contribution < 1.29 is 4.79 Å². The van der Waals surface area contributed by atoms with Crippen LogP contribution in [-0.2, 0) is 6.42 Å². The molecular weight excluding hydrogens is 252 g/mol. The van der Waals surface area contributed by atoms with Crippen LogP contribution in [0.25, 0.3) is 0 Å². The highest BCUT2D eigenvalue weighted by atomic mass is 32.1. The maximum Gasteiger partial charge on any atom is 0.170 e. The molecule has 0 saturated heterocycles. The molecule has 0 bridgehead atoms. The molecule has 98 valence electrons. The van der Waals surface area contributed by atoms with E-state index in [4.69, 9.17) is 0 Å². The quantitative estimate of drug-likeness (QED) is 0.725. The summed E-state index contributed by atoms with van der Waals surface area (Å²) < 4.78 is 0. The number of aryl methyl sites for hydroxylation is 3. The fourth-order valence-corrected chi connectivity index (χ4v) is 4.06. The summed E-state index contributed by atoms with van der Waals surface area (Å²) in [7, 11) is 0. The zero-order valence-electron chi connectivity index (χ0n) is 11.4. The molecule has 0 aliphatic heterocycles.